The highest BCUT2D eigenvalue weighted by molar-refractivity contribution is 7.22. The third kappa shape index (κ3) is 3.23. The van der Waals surface area contributed by atoms with Crippen LogP contribution in [0.3, 0.4) is 0 Å². The minimum atomic E-state index is 0.0288. The van der Waals surface area contributed by atoms with E-state index >= 15 is 0 Å². The first-order chi connectivity index (χ1) is 10.7. The number of fused-ring (bicyclic) bond motifs is 1. The summed E-state index contributed by atoms with van der Waals surface area (Å²) in [6.07, 6.45) is 0.843. The first-order valence-electron chi connectivity index (χ1n) is 7.71. The van der Waals surface area contributed by atoms with Crippen LogP contribution in [0, 0.1) is 5.92 Å². The zero-order chi connectivity index (χ0) is 15.5. The van der Waals surface area contributed by atoms with Gasteiger partial charge in [0.2, 0.25) is 5.91 Å². The van der Waals surface area contributed by atoms with E-state index in [9.17, 15) is 4.79 Å². The fourth-order valence-electron chi connectivity index (χ4n) is 2.33. The molecule has 1 N–H and O–H groups in total. The number of nitrogens with zero attached hydrogens (tertiary/aromatic N) is 2. The van der Waals surface area contributed by atoms with Crippen molar-refractivity contribution in [2.75, 3.05) is 36.5 Å². The van der Waals surface area contributed by atoms with Crippen LogP contribution in [0.15, 0.2) is 18.2 Å². The topological polar surface area (TPSA) is 54.5 Å². The Morgan fingerprint density at radius 1 is 1.45 bits per heavy atom. The highest BCUT2D eigenvalue weighted by Gasteiger charge is 2.16. The molecule has 1 amide bonds. The number of rotatable bonds is 4. The third-order valence-electron chi connectivity index (χ3n) is 3.99. The molecule has 22 heavy (non-hydrogen) atoms. The Hall–Kier alpha value is -1.66. The van der Waals surface area contributed by atoms with E-state index in [2.05, 4.69) is 15.2 Å². The number of hydrogen-bond donors (Lipinski definition) is 1. The van der Waals surface area contributed by atoms with Gasteiger partial charge in [-0.15, -0.1) is 0 Å². The minimum Gasteiger partial charge on any atom is -0.378 e. The minimum absolute atomic E-state index is 0.0288. The molecule has 1 aliphatic rings. The van der Waals surface area contributed by atoms with Gasteiger partial charge in [-0.1, -0.05) is 25.2 Å². The lowest BCUT2D eigenvalue weighted by atomic mass is 10.1. The first-order valence-corrected chi connectivity index (χ1v) is 8.53. The van der Waals surface area contributed by atoms with E-state index < -0.39 is 0 Å². The lowest BCUT2D eigenvalue weighted by molar-refractivity contribution is -0.119. The summed E-state index contributed by atoms with van der Waals surface area (Å²) in [6.45, 7) is 7.25. The summed E-state index contributed by atoms with van der Waals surface area (Å²) in [5, 5.41) is 4.01. The van der Waals surface area contributed by atoms with Crippen molar-refractivity contribution >= 4 is 38.3 Å². The second kappa shape index (κ2) is 6.62. The molecule has 1 aliphatic heterocycles. The quantitative estimate of drug-likeness (QED) is 0.941. The van der Waals surface area contributed by atoms with Crippen LogP contribution < -0.4 is 10.2 Å². The number of hydrogen-bond acceptors (Lipinski definition) is 5. The van der Waals surface area contributed by atoms with Crippen LogP contribution in [0.2, 0.25) is 0 Å². The lowest BCUT2D eigenvalue weighted by Crippen LogP contribution is -2.36. The number of thiazole rings is 1. The summed E-state index contributed by atoms with van der Waals surface area (Å²) < 4.78 is 6.48. The molecule has 0 spiro atoms. The van der Waals surface area contributed by atoms with Gasteiger partial charge in [0, 0.05) is 24.7 Å². The monoisotopic (exact) mass is 319 g/mol. The summed E-state index contributed by atoms with van der Waals surface area (Å²) in [5.74, 6) is 0.0980. The van der Waals surface area contributed by atoms with Gasteiger partial charge in [-0.05, 0) is 24.6 Å². The summed E-state index contributed by atoms with van der Waals surface area (Å²) >= 11 is 1.67. The maximum atomic E-state index is 12.0. The maximum Gasteiger partial charge on any atom is 0.227 e. The number of nitrogens with one attached hydrogen (secondary N) is 1. The van der Waals surface area contributed by atoms with E-state index in [-0.39, 0.29) is 11.8 Å². The number of benzene rings is 1. The molecule has 1 aromatic carbocycles. The Kier molecular flexibility index (Phi) is 4.59. The van der Waals surface area contributed by atoms with Crippen molar-refractivity contribution in [1.82, 2.24) is 4.98 Å². The van der Waals surface area contributed by atoms with Crippen LogP contribution in [0.5, 0.6) is 0 Å². The largest absolute Gasteiger partial charge is 0.378 e. The Morgan fingerprint density at radius 2 is 2.23 bits per heavy atom. The van der Waals surface area contributed by atoms with E-state index in [4.69, 9.17) is 4.74 Å². The predicted molar refractivity (Wildman–Crippen MR) is 90.7 cm³/mol. The number of carbonyl (C=O) groups is 1. The molecule has 0 unspecified atom stereocenters. The molecule has 2 heterocycles. The van der Waals surface area contributed by atoms with E-state index in [1.807, 2.05) is 32.0 Å². The number of carbonyl (C=O) groups excluding carboxylic acids is 1. The van der Waals surface area contributed by atoms with Crippen molar-refractivity contribution in [2.45, 2.75) is 20.3 Å². The van der Waals surface area contributed by atoms with Gasteiger partial charge >= 0.3 is 0 Å². The molecular weight excluding hydrogens is 298 g/mol. The van der Waals surface area contributed by atoms with Crippen molar-refractivity contribution in [3.05, 3.63) is 18.2 Å². The van der Waals surface area contributed by atoms with Crippen LogP contribution in [0.4, 0.5) is 10.8 Å². The van der Waals surface area contributed by atoms with Crippen LogP contribution >= 0.6 is 11.3 Å². The molecule has 5 nitrogen and oxygen atoms in total. The normalized spacial score (nSPS) is 16.7. The average molecular weight is 319 g/mol. The van der Waals surface area contributed by atoms with Crippen molar-refractivity contribution in [3.63, 3.8) is 0 Å². The second-order valence-electron chi connectivity index (χ2n) is 5.58. The molecule has 0 saturated carbocycles. The Balaban J connectivity index is 1.79. The molecular formula is C16H21N3O2S. The lowest BCUT2D eigenvalue weighted by Gasteiger charge is -2.25. The van der Waals surface area contributed by atoms with Crippen molar-refractivity contribution in [2.24, 2.45) is 5.92 Å². The molecule has 1 aromatic heterocycles. The molecule has 3 rings (SSSR count). The number of ether oxygens (including phenoxy) is 1. The van der Waals surface area contributed by atoms with Crippen LogP contribution in [-0.4, -0.2) is 37.2 Å². The van der Waals surface area contributed by atoms with Crippen molar-refractivity contribution in [3.8, 4) is 0 Å². The molecule has 2 aromatic rings. The van der Waals surface area contributed by atoms with Gasteiger partial charge in [0.15, 0.2) is 5.13 Å². The summed E-state index contributed by atoms with van der Waals surface area (Å²) in [7, 11) is 0. The van der Waals surface area contributed by atoms with Gasteiger partial charge in [-0.3, -0.25) is 4.79 Å². The molecule has 6 heteroatoms. The zero-order valence-electron chi connectivity index (χ0n) is 13.0. The number of amides is 1. The average Bonchev–Trinajstić information content (AvgIpc) is 2.98. The van der Waals surface area contributed by atoms with Gasteiger partial charge in [-0.25, -0.2) is 4.98 Å². The van der Waals surface area contributed by atoms with E-state index in [0.717, 1.165) is 53.8 Å². The highest BCUT2D eigenvalue weighted by atomic mass is 32.1. The number of morpholine rings is 1. The van der Waals surface area contributed by atoms with Gasteiger partial charge in [0.1, 0.15) is 0 Å². The van der Waals surface area contributed by atoms with Gasteiger partial charge in [0.25, 0.3) is 0 Å². The zero-order valence-corrected chi connectivity index (χ0v) is 13.8. The summed E-state index contributed by atoms with van der Waals surface area (Å²) in [4.78, 5) is 18.9. The van der Waals surface area contributed by atoms with Crippen LogP contribution in [-0.2, 0) is 9.53 Å². The summed E-state index contributed by atoms with van der Waals surface area (Å²) in [5.41, 5.74) is 1.82. The molecule has 1 fully saturated rings. The number of aromatic nitrogens is 1. The second-order valence-corrected chi connectivity index (χ2v) is 6.59. The summed E-state index contributed by atoms with van der Waals surface area (Å²) in [6, 6.07) is 5.91. The molecule has 1 atom stereocenters. The van der Waals surface area contributed by atoms with Crippen molar-refractivity contribution < 1.29 is 9.53 Å². The number of anilines is 2. The Bertz CT molecular complexity index is 664. The molecule has 118 valence electrons. The van der Waals surface area contributed by atoms with Crippen LogP contribution in [0.25, 0.3) is 10.2 Å². The van der Waals surface area contributed by atoms with E-state index in [1.165, 1.54) is 0 Å². The predicted octanol–water partition coefficient (Wildman–Crippen LogP) is 3.12. The first kappa shape index (κ1) is 15.2. The Morgan fingerprint density at radius 3 is 2.95 bits per heavy atom. The molecule has 0 bridgehead atoms. The highest BCUT2D eigenvalue weighted by Crippen LogP contribution is 2.31. The maximum absolute atomic E-state index is 12.0. The van der Waals surface area contributed by atoms with E-state index in [1.54, 1.807) is 11.3 Å². The standard InChI is InChI=1S/C16H21N3O2S/c1-3-11(2)15(20)17-12-4-5-13-14(10-12)22-16(18-13)19-6-8-21-9-7-19/h4-5,10-11H,3,6-9H2,1-2H3,(H,17,20)/t11-/m1/s1. The van der Waals surface area contributed by atoms with Gasteiger partial charge in [0.05, 0.1) is 23.4 Å². The molecule has 0 radical (unpaired) electrons. The molecule has 1 saturated heterocycles. The smallest absolute Gasteiger partial charge is 0.227 e. The van der Waals surface area contributed by atoms with Gasteiger partial charge in [-0.2, -0.15) is 0 Å². The Labute approximate surface area is 134 Å². The fraction of sp³-hybridized carbons (Fsp3) is 0.500. The SMILES string of the molecule is CC[C@@H](C)C(=O)Nc1ccc2nc(N3CCOCC3)sc2c1. The van der Waals surface area contributed by atoms with Gasteiger partial charge < -0.3 is 15.0 Å². The van der Waals surface area contributed by atoms with Crippen molar-refractivity contribution in [1.29, 1.82) is 0 Å². The fourth-order valence-corrected chi connectivity index (χ4v) is 3.39. The molecule has 0 aliphatic carbocycles. The third-order valence-corrected chi connectivity index (χ3v) is 5.07. The van der Waals surface area contributed by atoms with E-state index in [0.29, 0.717) is 0 Å². The van der Waals surface area contributed by atoms with Crippen LogP contribution in [0.1, 0.15) is 20.3 Å².